The largest absolute Gasteiger partial charge is 0.329 e. The number of nitrogens with zero attached hydrogens (tertiary/aromatic N) is 4. The molecule has 0 radical (unpaired) electrons. The Hall–Kier alpha value is -2.89. The van der Waals surface area contributed by atoms with E-state index in [0.717, 1.165) is 29.7 Å². The number of benzene rings is 1. The number of carbonyl (C=O) groups excluding carboxylic acids is 1. The van der Waals surface area contributed by atoms with Crippen molar-refractivity contribution in [2.75, 3.05) is 6.54 Å². The summed E-state index contributed by atoms with van der Waals surface area (Å²) in [7, 11) is 3.67. The molecule has 1 aromatic carbocycles. The summed E-state index contributed by atoms with van der Waals surface area (Å²) < 4.78 is 3.53. The van der Waals surface area contributed by atoms with Crippen LogP contribution in [0.15, 0.2) is 47.4 Å². The third-order valence-electron chi connectivity index (χ3n) is 4.98. The van der Waals surface area contributed by atoms with Gasteiger partial charge in [0.15, 0.2) is 0 Å². The zero-order chi connectivity index (χ0) is 17.6. The van der Waals surface area contributed by atoms with E-state index in [1.165, 1.54) is 10.6 Å². The SMILES string of the molecule is Cn1ccc(C(=O)N2CCCC2c2nc3ccccc3n2C)cc1=O. The number of fused-ring (bicyclic) bond motifs is 1. The number of likely N-dealkylation sites (tertiary alicyclic amines) is 1. The van der Waals surface area contributed by atoms with Crippen molar-refractivity contribution in [3.8, 4) is 0 Å². The Morgan fingerprint density at radius 2 is 2.00 bits per heavy atom. The molecule has 3 aromatic rings. The first kappa shape index (κ1) is 15.6. The van der Waals surface area contributed by atoms with Gasteiger partial charge in [0.25, 0.3) is 11.5 Å². The van der Waals surface area contributed by atoms with Gasteiger partial charge in [0.1, 0.15) is 5.82 Å². The molecule has 0 aliphatic carbocycles. The molecule has 1 aliphatic heterocycles. The second-order valence-electron chi connectivity index (χ2n) is 6.54. The molecule has 0 N–H and O–H groups in total. The van der Waals surface area contributed by atoms with Crippen molar-refractivity contribution in [1.82, 2.24) is 19.0 Å². The minimum absolute atomic E-state index is 0.0611. The molecule has 0 saturated carbocycles. The molecule has 1 saturated heterocycles. The van der Waals surface area contributed by atoms with Crippen LogP contribution in [0.25, 0.3) is 11.0 Å². The van der Waals surface area contributed by atoms with Crippen molar-refractivity contribution in [2.24, 2.45) is 14.1 Å². The van der Waals surface area contributed by atoms with Gasteiger partial charge in [0, 0.05) is 38.5 Å². The molecule has 25 heavy (non-hydrogen) atoms. The third-order valence-corrected chi connectivity index (χ3v) is 4.98. The van der Waals surface area contributed by atoms with E-state index in [2.05, 4.69) is 4.57 Å². The highest BCUT2D eigenvalue weighted by Gasteiger charge is 2.33. The molecule has 1 amide bonds. The number of para-hydroxylation sites is 2. The first-order valence-electron chi connectivity index (χ1n) is 8.45. The van der Waals surface area contributed by atoms with E-state index in [4.69, 9.17) is 4.98 Å². The molecular formula is C19H20N4O2. The van der Waals surface area contributed by atoms with Crippen LogP contribution in [0.3, 0.4) is 0 Å². The Labute approximate surface area is 145 Å². The lowest BCUT2D eigenvalue weighted by molar-refractivity contribution is 0.0728. The first-order chi connectivity index (χ1) is 12.1. The lowest BCUT2D eigenvalue weighted by Crippen LogP contribution is -2.33. The Balaban J connectivity index is 1.72. The van der Waals surface area contributed by atoms with Crippen LogP contribution < -0.4 is 5.56 Å². The minimum Gasteiger partial charge on any atom is -0.329 e. The molecule has 3 heterocycles. The van der Waals surface area contributed by atoms with Crippen molar-refractivity contribution in [3.63, 3.8) is 0 Å². The van der Waals surface area contributed by atoms with E-state index in [-0.39, 0.29) is 17.5 Å². The average Bonchev–Trinajstić information content (AvgIpc) is 3.22. The molecule has 0 spiro atoms. The average molecular weight is 336 g/mol. The molecule has 128 valence electrons. The highest BCUT2D eigenvalue weighted by atomic mass is 16.2. The fourth-order valence-corrected chi connectivity index (χ4v) is 3.59. The minimum atomic E-state index is -0.177. The number of aromatic nitrogens is 3. The lowest BCUT2D eigenvalue weighted by atomic mass is 10.1. The van der Waals surface area contributed by atoms with E-state index < -0.39 is 0 Å². The Bertz CT molecular complexity index is 1020. The zero-order valence-corrected chi connectivity index (χ0v) is 14.3. The van der Waals surface area contributed by atoms with Gasteiger partial charge in [-0.05, 0) is 31.0 Å². The van der Waals surface area contributed by atoms with E-state index >= 15 is 0 Å². The van der Waals surface area contributed by atoms with Crippen LogP contribution in [0.5, 0.6) is 0 Å². The van der Waals surface area contributed by atoms with Gasteiger partial charge in [-0.2, -0.15) is 0 Å². The van der Waals surface area contributed by atoms with Gasteiger partial charge in [-0.15, -0.1) is 0 Å². The summed E-state index contributed by atoms with van der Waals surface area (Å²) in [6, 6.07) is 11.0. The molecule has 2 aromatic heterocycles. The van der Waals surface area contributed by atoms with Crippen molar-refractivity contribution in [3.05, 3.63) is 64.3 Å². The fraction of sp³-hybridized carbons (Fsp3) is 0.316. The Kier molecular flexibility index (Phi) is 3.67. The maximum Gasteiger partial charge on any atom is 0.254 e. The molecule has 6 heteroatoms. The smallest absolute Gasteiger partial charge is 0.254 e. The predicted octanol–water partition coefficient (Wildman–Crippen LogP) is 2.25. The van der Waals surface area contributed by atoms with Gasteiger partial charge in [0.2, 0.25) is 0 Å². The standard InChI is InChI=1S/C19H20N4O2/c1-21-11-9-13(12-17(21)24)19(25)23-10-5-8-16(23)18-20-14-6-3-4-7-15(14)22(18)2/h3-4,6-7,9,11-12,16H,5,8,10H2,1-2H3. The van der Waals surface area contributed by atoms with Crippen LogP contribution in [0.1, 0.15) is 35.1 Å². The van der Waals surface area contributed by atoms with Gasteiger partial charge in [0.05, 0.1) is 17.1 Å². The van der Waals surface area contributed by atoms with Crippen LogP contribution in [0.2, 0.25) is 0 Å². The van der Waals surface area contributed by atoms with Gasteiger partial charge in [-0.1, -0.05) is 12.1 Å². The van der Waals surface area contributed by atoms with Crippen LogP contribution in [-0.4, -0.2) is 31.5 Å². The van der Waals surface area contributed by atoms with E-state index in [9.17, 15) is 9.59 Å². The van der Waals surface area contributed by atoms with E-state index in [0.29, 0.717) is 12.1 Å². The van der Waals surface area contributed by atoms with Crippen molar-refractivity contribution in [1.29, 1.82) is 0 Å². The quantitative estimate of drug-likeness (QED) is 0.721. The summed E-state index contributed by atoms with van der Waals surface area (Å²) in [6.07, 6.45) is 3.45. The summed E-state index contributed by atoms with van der Waals surface area (Å²) in [4.78, 5) is 31.4. The number of carbonyl (C=O) groups is 1. The predicted molar refractivity (Wildman–Crippen MR) is 95.4 cm³/mol. The number of hydrogen-bond acceptors (Lipinski definition) is 3. The van der Waals surface area contributed by atoms with Crippen LogP contribution in [-0.2, 0) is 14.1 Å². The fourth-order valence-electron chi connectivity index (χ4n) is 3.59. The monoisotopic (exact) mass is 336 g/mol. The van der Waals surface area contributed by atoms with Crippen molar-refractivity contribution < 1.29 is 4.79 Å². The zero-order valence-electron chi connectivity index (χ0n) is 14.3. The topological polar surface area (TPSA) is 60.1 Å². The number of rotatable bonds is 2. The number of imidazole rings is 1. The van der Waals surface area contributed by atoms with Gasteiger partial charge in [-0.3, -0.25) is 9.59 Å². The molecule has 1 unspecified atom stereocenters. The lowest BCUT2D eigenvalue weighted by Gasteiger charge is -2.24. The first-order valence-corrected chi connectivity index (χ1v) is 8.45. The molecule has 6 nitrogen and oxygen atoms in total. The van der Waals surface area contributed by atoms with Crippen LogP contribution in [0, 0.1) is 0 Å². The highest BCUT2D eigenvalue weighted by molar-refractivity contribution is 5.94. The van der Waals surface area contributed by atoms with Crippen LogP contribution in [0.4, 0.5) is 0 Å². The molecule has 1 aliphatic rings. The van der Waals surface area contributed by atoms with E-state index in [1.807, 2.05) is 36.2 Å². The van der Waals surface area contributed by atoms with Gasteiger partial charge >= 0.3 is 0 Å². The van der Waals surface area contributed by atoms with E-state index in [1.54, 1.807) is 19.3 Å². The number of pyridine rings is 1. The highest BCUT2D eigenvalue weighted by Crippen LogP contribution is 2.33. The summed E-state index contributed by atoms with van der Waals surface area (Å²) in [5.41, 5.74) is 2.26. The van der Waals surface area contributed by atoms with Crippen molar-refractivity contribution in [2.45, 2.75) is 18.9 Å². The van der Waals surface area contributed by atoms with Gasteiger partial charge < -0.3 is 14.0 Å². The number of aryl methyl sites for hydroxylation is 2. The second-order valence-corrected chi connectivity index (χ2v) is 6.54. The molecule has 4 rings (SSSR count). The molecule has 1 atom stereocenters. The normalized spacial score (nSPS) is 17.4. The summed E-state index contributed by atoms with van der Waals surface area (Å²) in [5.74, 6) is 0.795. The summed E-state index contributed by atoms with van der Waals surface area (Å²) >= 11 is 0. The van der Waals surface area contributed by atoms with Crippen molar-refractivity contribution >= 4 is 16.9 Å². The third kappa shape index (κ3) is 2.54. The second kappa shape index (κ2) is 5.88. The Morgan fingerprint density at radius 1 is 1.20 bits per heavy atom. The molecule has 1 fully saturated rings. The Morgan fingerprint density at radius 3 is 2.76 bits per heavy atom. The molecule has 0 bridgehead atoms. The number of amides is 1. The van der Waals surface area contributed by atoms with Crippen LogP contribution >= 0.6 is 0 Å². The molecular weight excluding hydrogens is 316 g/mol. The van der Waals surface area contributed by atoms with Gasteiger partial charge in [-0.25, -0.2) is 4.98 Å². The maximum atomic E-state index is 13.0. The number of hydrogen-bond donors (Lipinski definition) is 0. The summed E-state index contributed by atoms with van der Waals surface area (Å²) in [6.45, 7) is 0.682. The summed E-state index contributed by atoms with van der Waals surface area (Å²) in [5, 5.41) is 0. The maximum absolute atomic E-state index is 13.0.